The lowest BCUT2D eigenvalue weighted by Crippen LogP contribution is -2.38. The van der Waals surface area contributed by atoms with E-state index in [-0.39, 0.29) is 53.6 Å². The molecular formula is C19H25N3O4S. The monoisotopic (exact) mass is 391 g/mol. The highest BCUT2D eigenvalue weighted by molar-refractivity contribution is 8.00. The van der Waals surface area contributed by atoms with Gasteiger partial charge < -0.3 is 10.6 Å². The van der Waals surface area contributed by atoms with Crippen LogP contribution in [0.3, 0.4) is 0 Å². The molecule has 4 amide bonds. The average molecular weight is 391 g/mol. The van der Waals surface area contributed by atoms with Crippen molar-refractivity contribution in [3.63, 3.8) is 0 Å². The van der Waals surface area contributed by atoms with Gasteiger partial charge >= 0.3 is 0 Å². The minimum absolute atomic E-state index is 0.114. The van der Waals surface area contributed by atoms with E-state index in [9.17, 15) is 19.2 Å². The van der Waals surface area contributed by atoms with Crippen molar-refractivity contribution in [2.24, 2.45) is 0 Å². The van der Waals surface area contributed by atoms with Crippen molar-refractivity contribution in [2.75, 3.05) is 31.6 Å². The van der Waals surface area contributed by atoms with E-state index in [1.54, 1.807) is 12.1 Å². The molecule has 1 aliphatic heterocycles. The number of carbonyl (C=O) groups is 4. The van der Waals surface area contributed by atoms with E-state index >= 15 is 0 Å². The summed E-state index contributed by atoms with van der Waals surface area (Å²) in [6, 6.07) is 5.35. The van der Waals surface area contributed by atoms with Crippen molar-refractivity contribution >= 4 is 35.4 Å². The van der Waals surface area contributed by atoms with Crippen LogP contribution < -0.4 is 10.6 Å². The second kappa shape index (κ2) is 8.56. The lowest BCUT2D eigenvalue weighted by molar-refractivity contribution is -0.118. The Kier molecular flexibility index (Phi) is 6.64. The van der Waals surface area contributed by atoms with Gasteiger partial charge in [0.25, 0.3) is 11.8 Å². The molecule has 0 radical (unpaired) electrons. The first-order valence-corrected chi connectivity index (χ1v) is 9.86. The van der Waals surface area contributed by atoms with Crippen molar-refractivity contribution < 1.29 is 19.2 Å². The van der Waals surface area contributed by atoms with Gasteiger partial charge in [-0.1, -0.05) is 26.8 Å². The van der Waals surface area contributed by atoms with Crippen LogP contribution in [0.2, 0.25) is 0 Å². The van der Waals surface area contributed by atoms with Crippen LogP contribution in [-0.2, 0) is 15.0 Å². The van der Waals surface area contributed by atoms with Gasteiger partial charge in [-0.15, -0.1) is 11.8 Å². The summed E-state index contributed by atoms with van der Waals surface area (Å²) in [6.45, 7) is 6.43. The minimum Gasteiger partial charge on any atom is -0.358 e. The molecule has 146 valence electrons. The number of thioether (sulfide) groups is 1. The van der Waals surface area contributed by atoms with E-state index < -0.39 is 0 Å². The van der Waals surface area contributed by atoms with Gasteiger partial charge in [0.15, 0.2) is 0 Å². The highest BCUT2D eigenvalue weighted by atomic mass is 32.2. The number of amides is 4. The summed E-state index contributed by atoms with van der Waals surface area (Å²) in [6.07, 6.45) is 0. The minimum atomic E-state index is -0.335. The van der Waals surface area contributed by atoms with E-state index in [0.29, 0.717) is 11.1 Å². The lowest BCUT2D eigenvalue weighted by Gasteiger charge is -2.19. The molecule has 7 nitrogen and oxygen atoms in total. The second-order valence-electron chi connectivity index (χ2n) is 7.29. The molecule has 1 heterocycles. The molecule has 0 fully saturated rings. The predicted octanol–water partition coefficient (Wildman–Crippen LogP) is 1.18. The van der Waals surface area contributed by atoms with Gasteiger partial charge in [-0.2, -0.15) is 0 Å². The van der Waals surface area contributed by atoms with Gasteiger partial charge in [0.05, 0.1) is 22.6 Å². The number of hydrogen-bond acceptors (Lipinski definition) is 5. The normalized spacial score (nSPS) is 13.6. The van der Waals surface area contributed by atoms with Gasteiger partial charge in [0.1, 0.15) is 0 Å². The van der Waals surface area contributed by atoms with E-state index in [0.717, 1.165) is 10.5 Å². The number of imide groups is 1. The molecular weight excluding hydrogens is 366 g/mol. The Morgan fingerprint density at radius 2 is 1.67 bits per heavy atom. The van der Waals surface area contributed by atoms with Gasteiger partial charge in [0, 0.05) is 20.1 Å². The Labute approximate surface area is 163 Å². The van der Waals surface area contributed by atoms with E-state index in [4.69, 9.17) is 0 Å². The summed E-state index contributed by atoms with van der Waals surface area (Å²) >= 11 is 1.20. The summed E-state index contributed by atoms with van der Waals surface area (Å²) in [7, 11) is 1.54. The molecule has 1 aromatic carbocycles. The number of nitrogens with one attached hydrogen (secondary N) is 2. The summed E-state index contributed by atoms with van der Waals surface area (Å²) in [4.78, 5) is 49.1. The SMILES string of the molecule is CNC(=O)CSCC(=O)NCCN1C(=O)c2ccc(C(C)(C)C)cc2C1=O. The summed E-state index contributed by atoms with van der Waals surface area (Å²) in [5, 5.41) is 5.14. The van der Waals surface area contributed by atoms with E-state index in [2.05, 4.69) is 10.6 Å². The van der Waals surface area contributed by atoms with Crippen molar-refractivity contribution in [3.8, 4) is 0 Å². The average Bonchev–Trinajstić information content (AvgIpc) is 2.85. The van der Waals surface area contributed by atoms with Crippen LogP contribution in [0.4, 0.5) is 0 Å². The predicted molar refractivity (Wildman–Crippen MR) is 105 cm³/mol. The Hall–Kier alpha value is -2.35. The molecule has 0 bridgehead atoms. The van der Waals surface area contributed by atoms with Crippen LogP contribution in [-0.4, -0.2) is 60.2 Å². The summed E-state index contributed by atoms with van der Waals surface area (Å²) < 4.78 is 0. The molecule has 2 N–H and O–H groups in total. The van der Waals surface area contributed by atoms with Gasteiger partial charge in [-0.25, -0.2) is 0 Å². The molecule has 0 atom stereocenters. The quantitative estimate of drug-likeness (QED) is 0.681. The molecule has 2 rings (SSSR count). The first-order chi connectivity index (χ1) is 12.6. The molecule has 8 heteroatoms. The fraction of sp³-hybridized carbons (Fsp3) is 0.474. The Morgan fingerprint density at radius 1 is 1.04 bits per heavy atom. The smallest absolute Gasteiger partial charge is 0.261 e. The second-order valence-corrected chi connectivity index (χ2v) is 8.27. The molecule has 1 aliphatic rings. The number of nitrogens with zero attached hydrogens (tertiary/aromatic N) is 1. The zero-order valence-electron chi connectivity index (χ0n) is 16.0. The lowest BCUT2D eigenvalue weighted by atomic mass is 9.85. The molecule has 0 saturated heterocycles. The molecule has 1 aromatic rings. The van der Waals surface area contributed by atoms with Crippen LogP contribution >= 0.6 is 11.8 Å². The first-order valence-electron chi connectivity index (χ1n) is 8.71. The third kappa shape index (κ3) is 5.09. The summed E-state index contributed by atoms with van der Waals surface area (Å²) in [5.74, 6) is -0.699. The van der Waals surface area contributed by atoms with Gasteiger partial charge in [-0.3, -0.25) is 24.1 Å². The van der Waals surface area contributed by atoms with Crippen LogP contribution in [0.1, 0.15) is 47.1 Å². The molecule has 0 spiro atoms. The third-order valence-electron chi connectivity index (χ3n) is 4.24. The standard InChI is InChI=1S/C19H25N3O4S/c1-19(2,3)12-5-6-13-14(9-12)18(26)22(17(13)25)8-7-21-16(24)11-27-10-15(23)20-4/h5-6,9H,7-8,10-11H2,1-4H3,(H,20,23)(H,21,24). The van der Waals surface area contributed by atoms with Crippen LogP contribution in [0.5, 0.6) is 0 Å². The van der Waals surface area contributed by atoms with Gasteiger partial charge in [0.2, 0.25) is 11.8 Å². The molecule has 0 aromatic heterocycles. The van der Waals surface area contributed by atoms with Crippen LogP contribution in [0, 0.1) is 0 Å². The first kappa shape index (κ1) is 21.0. The number of carbonyl (C=O) groups excluding carboxylic acids is 4. The van der Waals surface area contributed by atoms with Crippen molar-refractivity contribution in [1.82, 2.24) is 15.5 Å². The van der Waals surface area contributed by atoms with Gasteiger partial charge in [-0.05, 0) is 23.1 Å². The topological polar surface area (TPSA) is 95.6 Å². The number of fused-ring (bicyclic) bond motifs is 1. The molecule has 0 unspecified atom stereocenters. The fourth-order valence-corrected chi connectivity index (χ4v) is 3.35. The maximum atomic E-state index is 12.6. The Bertz CT molecular complexity index is 771. The van der Waals surface area contributed by atoms with E-state index in [1.165, 1.54) is 18.8 Å². The zero-order valence-corrected chi connectivity index (χ0v) is 16.9. The van der Waals surface area contributed by atoms with Crippen molar-refractivity contribution in [1.29, 1.82) is 0 Å². The molecule has 0 aliphatic carbocycles. The van der Waals surface area contributed by atoms with Crippen molar-refractivity contribution in [2.45, 2.75) is 26.2 Å². The molecule has 0 saturated carbocycles. The molecule has 27 heavy (non-hydrogen) atoms. The highest BCUT2D eigenvalue weighted by Crippen LogP contribution is 2.29. The Balaban J connectivity index is 1.89. The number of hydrogen-bond donors (Lipinski definition) is 2. The maximum Gasteiger partial charge on any atom is 0.261 e. The van der Waals surface area contributed by atoms with Crippen LogP contribution in [0.25, 0.3) is 0 Å². The number of benzene rings is 1. The van der Waals surface area contributed by atoms with Crippen molar-refractivity contribution in [3.05, 3.63) is 34.9 Å². The Morgan fingerprint density at radius 3 is 2.30 bits per heavy atom. The largest absolute Gasteiger partial charge is 0.358 e. The number of rotatable bonds is 7. The summed E-state index contributed by atoms with van der Waals surface area (Å²) in [5.41, 5.74) is 1.69. The fourth-order valence-electron chi connectivity index (χ4n) is 2.63. The zero-order chi connectivity index (χ0) is 20.2. The third-order valence-corrected chi connectivity index (χ3v) is 5.17. The van der Waals surface area contributed by atoms with E-state index in [1.807, 2.05) is 26.8 Å². The maximum absolute atomic E-state index is 12.6. The van der Waals surface area contributed by atoms with Crippen LogP contribution in [0.15, 0.2) is 18.2 Å². The highest BCUT2D eigenvalue weighted by Gasteiger charge is 2.36.